The Morgan fingerprint density at radius 3 is 2.76 bits per heavy atom. The molecule has 0 radical (unpaired) electrons. The maximum absolute atomic E-state index is 12.0. The van der Waals surface area contributed by atoms with E-state index in [-0.39, 0.29) is 5.43 Å². The number of aryl methyl sites for hydroxylation is 1. The molecule has 1 aromatic carbocycles. The van der Waals surface area contributed by atoms with Crippen molar-refractivity contribution in [3.63, 3.8) is 0 Å². The van der Waals surface area contributed by atoms with E-state index >= 15 is 0 Å². The molecule has 2 heterocycles. The normalized spacial score (nSPS) is 10.9. The molecule has 0 saturated carbocycles. The largest absolute Gasteiger partial charge is 0.472 e. The van der Waals surface area contributed by atoms with Gasteiger partial charge >= 0.3 is 0 Å². The number of benzene rings is 1. The third-order valence-electron chi connectivity index (χ3n) is 2.69. The fraction of sp³-hybridized carbons (Fsp3) is 0.0714. The lowest BCUT2D eigenvalue weighted by Crippen LogP contribution is -2.00. The zero-order valence-electron chi connectivity index (χ0n) is 9.27. The number of hydrogen-bond donors (Lipinski definition) is 0. The van der Waals surface area contributed by atoms with Gasteiger partial charge in [0.05, 0.1) is 17.2 Å². The van der Waals surface area contributed by atoms with Crippen LogP contribution >= 0.6 is 0 Å². The van der Waals surface area contributed by atoms with E-state index in [1.807, 2.05) is 25.1 Å². The Morgan fingerprint density at radius 1 is 1.12 bits per heavy atom. The van der Waals surface area contributed by atoms with Gasteiger partial charge in [-0.2, -0.15) is 0 Å². The summed E-state index contributed by atoms with van der Waals surface area (Å²) in [6.45, 7) is 1.95. The summed E-state index contributed by atoms with van der Waals surface area (Å²) in [7, 11) is 0. The van der Waals surface area contributed by atoms with Crippen molar-refractivity contribution in [2.45, 2.75) is 6.92 Å². The standard InChI is InChI=1S/C14H10O3/c1-9-2-3-13-11(6-9)12(15)7-14(17-13)10-4-5-16-8-10/h2-8H,1H3. The molecule has 0 atom stereocenters. The van der Waals surface area contributed by atoms with Gasteiger partial charge in [0.25, 0.3) is 0 Å². The molecule has 3 rings (SSSR count). The summed E-state index contributed by atoms with van der Waals surface area (Å²) in [5, 5.41) is 0.609. The molecule has 0 N–H and O–H groups in total. The molecule has 0 bridgehead atoms. The number of rotatable bonds is 1. The fourth-order valence-corrected chi connectivity index (χ4v) is 1.82. The van der Waals surface area contributed by atoms with E-state index in [1.165, 1.54) is 6.07 Å². The minimum Gasteiger partial charge on any atom is -0.472 e. The van der Waals surface area contributed by atoms with Gasteiger partial charge in [0.2, 0.25) is 0 Å². The predicted octanol–water partition coefficient (Wildman–Crippen LogP) is 3.36. The molecular weight excluding hydrogens is 216 g/mol. The van der Waals surface area contributed by atoms with E-state index in [0.717, 1.165) is 11.1 Å². The highest BCUT2D eigenvalue weighted by Crippen LogP contribution is 2.22. The summed E-state index contributed by atoms with van der Waals surface area (Å²) >= 11 is 0. The van der Waals surface area contributed by atoms with Crippen LogP contribution in [-0.4, -0.2) is 0 Å². The highest BCUT2D eigenvalue weighted by Gasteiger charge is 2.07. The molecule has 0 spiro atoms. The molecule has 2 aromatic heterocycles. The summed E-state index contributed by atoms with van der Waals surface area (Å²) in [5.41, 5.74) is 2.37. The molecule has 0 aliphatic heterocycles. The first kappa shape index (κ1) is 9.90. The SMILES string of the molecule is Cc1ccc2oc(-c3ccoc3)cc(=O)c2c1. The molecule has 3 aromatic rings. The van der Waals surface area contributed by atoms with Gasteiger partial charge in [0, 0.05) is 6.07 Å². The Kier molecular flexibility index (Phi) is 2.11. The molecule has 3 nitrogen and oxygen atoms in total. The summed E-state index contributed by atoms with van der Waals surface area (Å²) in [4.78, 5) is 12.0. The van der Waals surface area contributed by atoms with Crippen molar-refractivity contribution in [2.24, 2.45) is 0 Å². The van der Waals surface area contributed by atoms with Crippen LogP contribution < -0.4 is 5.43 Å². The zero-order valence-corrected chi connectivity index (χ0v) is 9.27. The van der Waals surface area contributed by atoms with Crippen LogP contribution in [0.4, 0.5) is 0 Å². The van der Waals surface area contributed by atoms with Gasteiger partial charge in [-0.25, -0.2) is 0 Å². The molecule has 17 heavy (non-hydrogen) atoms. The van der Waals surface area contributed by atoms with Crippen molar-refractivity contribution in [3.8, 4) is 11.3 Å². The number of furan rings is 1. The third kappa shape index (κ3) is 1.65. The van der Waals surface area contributed by atoms with Crippen LogP contribution in [0.2, 0.25) is 0 Å². The molecule has 0 unspecified atom stereocenters. The van der Waals surface area contributed by atoms with Crippen molar-refractivity contribution >= 4 is 11.0 Å². The van der Waals surface area contributed by atoms with Crippen molar-refractivity contribution in [1.29, 1.82) is 0 Å². The molecule has 0 amide bonds. The van der Waals surface area contributed by atoms with Gasteiger partial charge in [0.15, 0.2) is 5.43 Å². The minimum absolute atomic E-state index is 0.0360. The Balaban J connectivity index is 2.32. The van der Waals surface area contributed by atoms with E-state index in [4.69, 9.17) is 8.83 Å². The molecule has 0 saturated heterocycles. The van der Waals surface area contributed by atoms with Crippen LogP contribution in [0.5, 0.6) is 0 Å². The monoisotopic (exact) mass is 226 g/mol. The Labute approximate surface area is 97.3 Å². The van der Waals surface area contributed by atoms with Crippen LogP contribution in [0.25, 0.3) is 22.3 Å². The fourth-order valence-electron chi connectivity index (χ4n) is 1.82. The van der Waals surface area contributed by atoms with Crippen molar-refractivity contribution < 1.29 is 8.83 Å². The second-order valence-electron chi connectivity index (χ2n) is 3.99. The lowest BCUT2D eigenvalue weighted by atomic mass is 10.1. The number of fused-ring (bicyclic) bond motifs is 1. The van der Waals surface area contributed by atoms with E-state index in [9.17, 15) is 4.79 Å². The summed E-state index contributed by atoms with van der Waals surface area (Å²) in [6.07, 6.45) is 3.10. The Morgan fingerprint density at radius 2 is 2.00 bits per heavy atom. The summed E-state index contributed by atoms with van der Waals surface area (Å²) in [6, 6.07) is 8.82. The van der Waals surface area contributed by atoms with Gasteiger partial charge < -0.3 is 8.83 Å². The maximum atomic E-state index is 12.0. The molecule has 84 valence electrons. The van der Waals surface area contributed by atoms with Crippen LogP contribution in [0, 0.1) is 6.92 Å². The minimum atomic E-state index is -0.0360. The van der Waals surface area contributed by atoms with E-state index in [1.54, 1.807) is 18.6 Å². The first-order chi connectivity index (χ1) is 8.24. The molecule has 3 heteroatoms. The van der Waals surface area contributed by atoms with Gasteiger partial charge in [0.1, 0.15) is 17.6 Å². The lowest BCUT2D eigenvalue weighted by molar-refractivity contribution is 0.564. The average Bonchev–Trinajstić information content (AvgIpc) is 2.83. The topological polar surface area (TPSA) is 43.4 Å². The lowest BCUT2D eigenvalue weighted by Gasteiger charge is -2.01. The van der Waals surface area contributed by atoms with Crippen LogP contribution in [0.15, 0.2) is 56.5 Å². The first-order valence-electron chi connectivity index (χ1n) is 5.31. The predicted molar refractivity (Wildman–Crippen MR) is 64.9 cm³/mol. The highest BCUT2D eigenvalue weighted by molar-refractivity contribution is 5.79. The quantitative estimate of drug-likeness (QED) is 0.639. The van der Waals surface area contributed by atoms with E-state index in [2.05, 4.69) is 0 Å². The van der Waals surface area contributed by atoms with Crippen molar-refractivity contribution in [2.75, 3.05) is 0 Å². The Hall–Kier alpha value is -2.29. The first-order valence-corrected chi connectivity index (χ1v) is 5.31. The van der Waals surface area contributed by atoms with Crippen molar-refractivity contribution in [3.05, 3.63) is 58.6 Å². The maximum Gasteiger partial charge on any atom is 0.193 e. The van der Waals surface area contributed by atoms with Gasteiger partial charge in [-0.05, 0) is 25.1 Å². The Bertz CT molecular complexity index is 721. The smallest absolute Gasteiger partial charge is 0.193 e. The van der Waals surface area contributed by atoms with Crippen molar-refractivity contribution in [1.82, 2.24) is 0 Å². The highest BCUT2D eigenvalue weighted by atomic mass is 16.3. The summed E-state index contributed by atoms with van der Waals surface area (Å²) < 4.78 is 10.7. The molecule has 0 aliphatic carbocycles. The second-order valence-corrected chi connectivity index (χ2v) is 3.99. The molecular formula is C14H10O3. The molecule has 0 fully saturated rings. The summed E-state index contributed by atoms with van der Waals surface area (Å²) in [5.74, 6) is 0.528. The third-order valence-corrected chi connectivity index (χ3v) is 2.69. The van der Waals surface area contributed by atoms with Crippen LogP contribution in [0.3, 0.4) is 0 Å². The van der Waals surface area contributed by atoms with Crippen LogP contribution in [0.1, 0.15) is 5.56 Å². The van der Waals surface area contributed by atoms with E-state index in [0.29, 0.717) is 16.7 Å². The van der Waals surface area contributed by atoms with Gasteiger partial charge in [-0.15, -0.1) is 0 Å². The van der Waals surface area contributed by atoms with E-state index < -0.39 is 0 Å². The van der Waals surface area contributed by atoms with Gasteiger partial charge in [-0.3, -0.25) is 4.79 Å². The molecule has 0 aliphatic rings. The van der Waals surface area contributed by atoms with Gasteiger partial charge in [-0.1, -0.05) is 11.6 Å². The van der Waals surface area contributed by atoms with Crippen LogP contribution in [-0.2, 0) is 0 Å². The average molecular weight is 226 g/mol. The zero-order chi connectivity index (χ0) is 11.8. The second kappa shape index (κ2) is 3.63. The number of hydrogen-bond acceptors (Lipinski definition) is 3.